The third kappa shape index (κ3) is 2.03. The molecule has 0 amide bonds. The van der Waals surface area contributed by atoms with Crippen LogP contribution in [0.4, 0.5) is 0 Å². The fraction of sp³-hybridized carbons (Fsp3) is 0.500. The number of rotatable bonds is 4. The second-order valence-electron chi connectivity index (χ2n) is 3.70. The van der Waals surface area contributed by atoms with E-state index in [1.165, 1.54) is 0 Å². The van der Waals surface area contributed by atoms with E-state index in [0.29, 0.717) is 6.42 Å². The average Bonchev–Trinajstić information content (AvgIpc) is 2.79. The number of methoxy groups -OCH3 is 2. The first-order valence-corrected chi connectivity index (χ1v) is 6.16. The molecule has 0 fully saturated rings. The zero-order valence-electron chi connectivity index (χ0n) is 10.1. The third-order valence-electron chi connectivity index (χ3n) is 3.00. The van der Waals surface area contributed by atoms with Crippen LogP contribution in [0.1, 0.15) is 18.9 Å². The molecule has 1 aromatic rings. The monoisotopic (exact) mass is 302 g/mol. The molecule has 17 heavy (non-hydrogen) atoms. The van der Waals surface area contributed by atoms with Crippen molar-refractivity contribution in [2.24, 2.45) is 0 Å². The minimum Gasteiger partial charge on any atom is -0.454 e. The van der Waals surface area contributed by atoms with Gasteiger partial charge < -0.3 is 18.9 Å². The molecule has 1 aliphatic heterocycles. The Morgan fingerprint density at radius 2 is 1.82 bits per heavy atom. The fourth-order valence-electron chi connectivity index (χ4n) is 1.99. The van der Waals surface area contributed by atoms with Crippen LogP contribution in [0.2, 0.25) is 0 Å². The molecule has 5 heteroatoms. The Morgan fingerprint density at radius 1 is 1.24 bits per heavy atom. The number of ether oxygens (including phenoxy) is 4. The van der Waals surface area contributed by atoms with Crippen molar-refractivity contribution in [3.05, 3.63) is 22.2 Å². The highest BCUT2D eigenvalue weighted by atomic mass is 79.9. The molecule has 1 heterocycles. The summed E-state index contributed by atoms with van der Waals surface area (Å²) in [5.74, 6) is 0.688. The fourth-order valence-corrected chi connectivity index (χ4v) is 2.62. The summed E-state index contributed by atoms with van der Waals surface area (Å²) >= 11 is 3.51. The highest BCUT2D eigenvalue weighted by Crippen LogP contribution is 2.43. The van der Waals surface area contributed by atoms with Gasteiger partial charge in [-0.3, -0.25) is 0 Å². The van der Waals surface area contributed by atoms with Crippen LogP contribution in [0, 0.1) is 0 Å². The molecule has 2 rings (SSSR count). The zero-order valence-corrected chi connectivity index (χ0v) is 11.7. The third-order valence-corrected chi connectivity index (χ3v) is 3.65. The van der Waals surface area contributed by atoms with Crippen LogP contribution in [-0.2, 0) is 15.3 Å². The highest BCUT2D eigenvalue weighted by Gasteiger charge is 2.34. The van der Waals surface area contributed by atoms with E-state index >= 15 is 0 Å². The van der Waals surface area contributed by atoms with Gasteiger partial charge in [0.25, 0.3) is 0 Å². The van der Waals surface area contributed by atoms with Gasteiger partial charge in [0.2, 0.25) is 6.79 Å². The van der Waals surface area contributed by atoms with Crippen molar-refractivity contribution in [3.8, 4) is 11.5 Å². The van der Waals surface area contributed by atoms with Crippen molar-refractivity contribution in [3.63, 3.8) is 0 Å². The molecule has 0 saturated heterocycles. The largest absolute Gasteiger partial charge is 0.454 e. The molecule has 4 nitrogen and oxygen atoms in total. The average molecular weight is 303 g/mol. The van der Waals surface area contributed by atoms with Crippen LogP contribution in [0.3, 0.4) is 0 Å². The summed E-state index contributed by atoms with van der Waals surface area (Å²) in [6, 6.07) is 3.77. The van der Waals surface area contributed by atoms with Gasteiger partial charge in [0.05, 0.1) is 0 Å². The summed E-state index contributed by atoms with van der Waals surface area (Å²) in [6.45, 7) is 2.26. The lowest BCUT2D eigenvalue weighted by Crippen LogP contribution is -2.30. The molecule has 0 saturated carbocycles. The highest BCUT2D eigenvalue weighted by molar-refractivity contribution is 9.10. The maximum Gasteiger partial charge on any atom is 0.231 e. The van der Waals surface area contributed by atoms with E-state index in [2.05, 4.69) is 15.9 Å². The van der Waals surface area contributed by atoms with Gasteiger partial charge in [-0.25, -0.2) is 0 Å². The van der Waals surface area contributed by atoms with Crippen LogP contribution >= 0.6 is 15.9 Å². The Balaban J connectivity index is 2.51. The first-order valence-electron chi connectivity index (χ1n) is 5.36. The molecule has 0 bridgehead atoms. The Morgan fingerprint density at radius 3 is 2.35 bits per heavy atom. The van der Waals surface area contributed by atoms with Crippen LogP contribution < -0.4 is 9.47 Å². The smallest absolute Gasteiger partial charge is 0.231 e. The summed E-state index contributed by atoms with van der Waals surface area (Å²) in [7, 11) is 3.26. The topological polar surface area (TPSA) is 36.9 Å². The second-order valence-corrected chi connectivity index (χ2v) is 4.55. The summed E-state index contributed by atoms with van der Waals surface area (Å²) < 4.78 is 22.6. The van der Waals surface area contributed by atoms with Crippen molar-refractivity contribution in [1.82, 2.24) is 0 Å². The minimum absolute atomic E-state index is 0.254. The Kier molecular flexibility index (Phi) is 3.61. The lowest BCUT2D eigenvalue weighted by molar-refractivity contribution is -0.218. The zero-order chi connectivity index (χ0) is 12.5. The van der Waals surface area contributed by atoms with Gasteiger partial charge in [0.15, 0.2) is 17.3 Å². The molecule has 0 aliphatic carbocycles. The van der Waals surface area contributed by atoms with Crippen molar-refractivity contribution < 1.29 is 18.9 Å². The van der Waals surface area contributed by atoms with Crippen molar-refractivity contribution in [1.29, 1.82) is 0 Å². The van der Waals surface area contributed by atoms with Gasteiger partial charge in [-0.05, 0) is 12.1 Å². The lowest BCUT2D eigenvalue weighted by Gasteiger charge is -2.31. The molecule has 0 N–H and O–H groups in total. The SMILES string of the molecule is CCC(OC)(OC)c1cc2c(cc1Br)OCO2. The molecule has 0 radical (unpaired) electrons. The van der Waals surface area contributed by atoms with E-state index in [4.69, 9.17) is 18.9 Å². The van der Waals surface area contributed by atoms with Crippen LogP contribution in [0.5, 0.6) is 11.5 Å². The predicted molar refractivity (Wildman–Crippen MR) is 66.3 cm³/mol. The number of benzene rings is 1. The molecule has 0 aromatic heterocycles. The van der Waals surface area contributed by atoms with Crippen LogP contribution in [-0.4, -0.2) is 21.0 Å². The molecule has 0 unspecified atom stereocenters. The minimum atomic E-state index is -0.764. The Hall–Kier alpha value is -0.780. The quantitative estimate of drug-likeness (QED) is 0.801. The van der Waals surface area contributed by atoms with Gasteiger partial charge in [-0.2, -0.15) is 0 Å². The summed E-state index contributed by atoms with van der Waals surface area (Å²) in [5, 5.41) is 0. The van der Waals surface area contributed by atoms with Crippen molar-refractivity contribution in [2.45, 2.75) is 19.1 Å². The standard InChI is InChI=1S/C12H15BrO4/c1-4-12(14-2,15-3)8-5-10-11(6-9(8)13)17-7-16-10/h5-6H,4,7H2,1-3H3. The van der Waals surface area contributed by atoms with Gasteiger partial charge in [-0.15, -0.1) is 0 Å². The maximum absolute atomic E-state index is 5.51. The van der Waals surface area contributed by atoms with Crippen LogP contribution in [0.25, 0.3) is 0 Å². The van der Waals surface area contributed by atoms with E-state index in [1.54, 1.807) is 14.2 Å². The van der Waals surface area contributed by atoms with Crippen LogP contribution in [0.15, 0.2) is 16.6 Å². The lowest BCUT2D eigenvalue weighted by atomic mass is 10.0. The van der Waals surface area contributed by atoms with Crippen molar-refractivity contribution in [2.75, 3.05) is 21.0 Å². The summed E-state index contributed by atoms with van der Waals surface area (Å²) in [6.07, 6.45) is 0.693. The van der Waals surface area contributed by atoms with Gasteiger partial charge >= 0.3 is 0 Å². The molecule has 1 aliphatic rings. The number of halogens is 1. The number of hydrogen-bond donors (Lipinski definition) is 0. The number of hydrogen-bond acceptors (Lipinski definition) is 4. The van der Waals surface area contributed by atoms with E-state index in [1.807, 2.05) is 19.1 Å². The van der Waals surface area contributed by atoms with Gasteiger partial charge in [0, 0.05) is 30.7 Å². The van der Waals surface area contributed by atoms with E-state index in [9.17, 15) is 0 Å². The van der Waals surface area contributed by atoms with E-state index in [0.717, 1.165) is 21.5 Å². The maximum atomic E-state index is 5.51. The second kappa shape index (κ2) is 4.84. The van der Waals surface area contributed by atoms with Gasteiger partial charge in [-0.1, -0.05) is 22.9 Å². The molecule has 1 aromatic carbocycles. The molecular weight excluding hydrogens is 288 g/mol. The Labute approximate surface area is 109 Å². The first-order chi connectivity index (χ1) is 8.16. The summed E-state index contributed by atoms with van der Waals surface area (Å²) in [4.78, 5) is 0. The summed E-state index contributed by atoms with van der Waals surface area (Å²) in [5.41, 5.74) is 0.897. The normalized spacial score (nSPS) is 14.1. The van der Waals surface area contributed by atoms with E-state index < -0.39 is 5.79 Å². The van der Waals surface area contributed by atoms with Gasteiger partial charge in [0.1, 0.15) is 0 Å². The molecular formula is C12H15BrO4. The molecule has 94 valence electrons. The Bertz CT molecular complexity index is 407. The first kappa shape index (κ1) is 12.7. The van der Waals surface area contributed by atoms with E-state index in [-0.39, 0.29) is 6.79 Å². The molecule has 0 spiro atoms. The van der Waals surface area contributed by atoms with Crippen molar-refractivity contribution >= 4 is 15.9 Å². The number of fused-ring (bicyclic) bond motifs is 1. The molecule has 0 atom stereocenters. The predicted octanol–water partition coefficient (Wildman–Crippen LogP) is 3.03.